The van der Waals surface area contributed by atoms with Crippen molar-refractivity contribution in [3.63, 3.8) is 0 Å². The highest BCUT2D eigenvalue weighted by atomic mass is 127. The number of benzene rings is 2. The Balaban J connectivity index is 0.00000180. The zero-order valence-corrected chi connectivity index (χ0v) is 25.4. The van der Waals surface area contributed by atoms with Crippen molar-refractivity contribution in [3.8, 4) is 0 Å². The van der Waals surface area contributed by atoms with Crippen LogP contribution < -0.4 is 67.7 Å². The lowest BCUT2D eigenvalue weighted by Crippen LogP contribution is -3.00. The van der Waals surface area contributed by atoms with Crippen molar-refractivity contribution in [2.24, 2.45) is 0 Å². The zero-order chi connectivity index (χ0) is 23.0. The summed E-state index contributed by atoms with van der Waals surface area (Å²) < 4.78 is 4.86. The molecule has 0 saturated carbocycles. The van der Waals surface area contributed by atoms with Crippen LogP contribution in [0.3, 0.4) is 0 Å². The normalized spacial score (nSPS) is 15.6. The first-order valence-electron chi connectivity index (χ1n) is 13.2. The van der Waals surface area contributed by atoms with Crippen LogP contribution in [-0.2, 0) is 13.1 Å². The van der Waals surface area contributed by atoms with Gasteiger partial charge < -0.3 is 58.6 Å². The van der Waals surface area contributed by atoms with Crippen molar-refractivity contribution in [1.29, 1.82) is 0 Å². The molecule has 4 heterocycles. The van der Waals surface area contributed by atoms with E-state index in [9.17, 15) is 0 Å². The van der Waals surface area contributed by atoms with Crippen molar-refractivity contribution in [3.05, 3.63) is 73.1 Å². The number of pyridine rings is 2. The van der Waals surface area contributed by atoms with E-state index in [-0.39, 0.29) is 48.0 Å². The van der Waals surface area contributed by atoms with E-state index < -0.39 is 0 Å². The second kappa shape index (κ2) is 14.9. The fraction of sp³-hybridized carbons (Fsp3) is 0.400. The lowest BCUT2D eigenvalue weighted by Gasteiger charge is -2.11. The van der Waals surface area contributed by atoms with Gasteiger partial charge in [0.05, 0.1) is 22.1 Å². The number of hydrogen-bond donors (Lipinski definition) is 2. The molecule has 0 spiro atoms. The molecule has 36 heavy (non-hydrogen) atoms. The van der Waals surface area contributed by atoms with Crippen molar-refractivity contribution < 1.29 is 57.1 Å². The number of anilines is 2. The number of halogens is 2. The van der Waals surface area contributed by atoms with Crippen molar-refractivity contribution >= 4 is 33.2 Å². The maximum absolute atomic E-state index is 3.70. The summed E-state index contributed by atoms with van der Waals surface area (Å²) in [6.07, 6.45) is 14.4. The smallest absolute Gasteiger partial charge is 0.214 e. The molecular formula is C30H38I2N4. The minimum absolute atomic E-state index is 0. The van der Waals surface area contributed by atoms with E-state index in [2.05, 4.69) is 92.8 Å². The Kier molecular flexibility index (Phi) is 12.0. The van der Waals surface area contributed by atoms with Crippen molar-refractivity contribution in [2.75, 3.05) is 23.7 Å². The average Bonchev–Trinajstić information content (AvgIpc) is 2.88. The molecule has 4 nitrogen and oxygen atoms in total. The number of fused-ring (bicyclic) bond motifs is 14. The van der Waals surface area contributed by atoms with E-state index in [0.717, 1.165) is 26.2 Å². The molecule has 0 fully saturated rings. The van der Waals surface area contributed by atoms with Gasteiger partial charge in [0.1, 0.15) is 13.1 Å². The molecule has 6 heteroatoms. The van der Waals surface area contributed by atoms with Crippen molar-refractivity contribution in [1.82, 2.24) is 0 Å². The molecule has 4 aromatic rings. The van der Waals surface area contributed by atoms with Gasteiger partial charge in [-0.05, 0) is 37.8 Å². The van der Waals surface area contributed by atoms with Gasteiger partial charge in [-0.3, -0.25) is 0 Å². The standard InChI is InChI=1S/C30H36N4.2HI/c1-2-10-20-32-28-18-24-34(30-16-8-6-14-26(28)30)22-12-4-3-11-21-33-23-17-27(31-19-9-1)25-13-5-7-15-29(25)33;;/h5-8,13-18,23-24H,1-4,9-12,19-22H2;2*1H. The maximum Gasteiger partial charge on any atom is 0.214 e. The van der Waals surface area contributed by atoms with E-state index in [1.54, 1.807) is 0 Å². The average molecular weight is 708 g/mol. The SMILES string of the molecule is [I-].[I-].c1ccc2c(c1)c1cc[n+]2CCCCCC[n+]2ccc(c3ccccc32)NCCCCCCN1. The first-order chi connectivity index (χ1) is 16.9. The Morgan fingerprint density at radius 2 is 0.889 bits per heavy atom. The number of nitrogens with one attached hydrogen (secondary N) is 2. The van der Waals surface area contributed by atoms with Crippen LogP contribution in [0.4, 0.5) is 11.4 Å². The number of aryl methyl sites for hydroxylation is 2. The maximum atomic E-state index is 3.70. The highest BCUT2D eigenvalue weighted by Crippen LogP contribution is 2.22. The number of aromatic nitrogens is 2. The first-order valence-corrected chi connectivity index (χ1v) is 13.2. The second-order valence-electron chi connectivity index (χ2n) is 9.56. The Bertz CT molecular complexity index is 1150. The largest absolute Gasteiger partial charge is 1.00 e. The minimum atomic E-state index is 0. The minimum Gasteiger partial charge on any atom is -1.00 e. The van der Waals surface area contributed by atoms with E-state index in [1.165, 1.54) is 84.5 Å². The van der Waals surface area contributed by atoms with E-state index in [0.29, 0.717) is 0 Å². The quantitative estimate of drug-likeness (QED) is 0.203. The molecule has 0 aliphatic carbocycles. The molecule has 192 valence electrons. The van der Waals surface area contributed by atoms with Crippen LogP contribution >= 0.6 is 0 Å². The molecule has 0 amide bonds. The van der Waals surface area contributed by atoms with E-state index in [1.807, 2.05) is 0 Å². The molecule has 2 N–H and O–H groups in total. The van der Waals surface area contributed by atoms with E-state index >= 15 is 0 Å². The summed E-state index contributed by atoms with van der Waals surface area (Å²) in [7, 11) is 0. The summed E-state index contributed by atoms with van der Waals surface area (Å²) in [5.41, 5.74) is 5.20. The topological polar surface area (TPSA) is 31.8 Å². The predicted octanol–water partition coefficient (Wildman–Crippen LogP) is 0.234. The molecule has 4 bridgehead atoms. The molecule has 0 atom stereocenters. The number of rotatable bonds is 0. The van der Waals surface area contributed by atoms with Crippen LogP contribution in [0.25, 0.3) is 21.8 Å². The van der Waals surface area contributed by atoms with Crippen LogP contribution in [0.2, 0.25) is 0 Å². The fourth-order valence-corrected chi connectivity index (χ4v) is 5.24. The molecule has 0 saturated heterocycles. The first kappa shape index (κ1) is 28.9. The van der Waals surface area contributed by atoms with Crippen LogP contribution in [0.1, 0.15) is 51.4 Å². The van der Waals surface area contributed by atoms with Crippen LogP contribution in [-0.4, -0.2) is 13.1 Å². The Labute approximate surface area is 249 Å². The Morgan fingerprint density at radius 3 is 1.36 bits per heavy atom. The second-order valence-corrected chi connectivity index (χ2v) is 9.56. The summed E-state index contributed by atoms with van der Waals surface area (Å²) in [4.78, 5) is 0. The van der Waals surface area contributed by atoms with Gasteiger partial charge in [-0.15, -0.1) is 0 Å². The highest BCUT2D eigenvalue weighted by Gasteiger charge is 2.14. The van der Waals surface area contributed by atoms with Crippen LogP contribution in [0.5, 0.6) is 0 Å². The van der Waals surface area contributed by atoms with Crippen molar-refractivity contribution in [2.45, 2.75) is 64.5 Å². The highest BCUT2D eigenvalue weighted by molar-refractivity contribution is 5.89. The predicted molar refractivity (Wildman–Crippen MR) is 142 cm³/mol. The molecule has 2 aromatic heterocycles. The molecule has 0 unspecified atom stereocenters. The third kappa shape index (κ3) is 7.21. The molecule has 6 rings (SSSR count). The lowest BCUT2D eigenvalue weighted by molar-refractivity contribution is -0.673. The Hall–Kier alpha value is -1.68. The lowest BCUT2D eigenvalue weighted by atomic mass is 10.1. The molecule has 2 aliphatic rings. The monoisotopic (exact) mass is 708 g/mol. The zero-order valence-electron chi connectivity index (χ0n) is 21.1. The van der Waals surface area contributed by atoms with Crippen LogP contribution in [0, 0.1) is 0 Å². The van der Waals surface area contributed by atoms with Crippen LogP contribution in [0.15, 0.2) is 73.1 Å². The molecule has 2 aliphatic heterocycles. The van der Waals surface area contributed by atoms with Gasteiger partial charge in [-0.2, -0.15) is 9.13 Å². The molecular weight excluding hydrogens is 670 g/mol. The van der Waals surface area contributed by atoms with E-state index in [4.69, 9.17) is 0 Å². The summed E-state index contributed by atoms with van der Waals surface area (Å²) in [5.74, 6) is 0. The summed E-state index contributed by atoms with van der Waals surface area (Å²) in [6.45, 7) is 4.23. The van der Waals surface area contributed by atoms with Gasteiger partial charge in [0.15, 0.2) is 12.4 Å². The number of hydrogen-bond acceptors (Lipinski definition) is 2. The van der Waals surface area contributed by atoms with Gasteiger partial charge >= 0.3 is 0 Å². The van der Waals surface area contributed by atoms with Gasteiger partial charge in [-0.25, -0.2) is 0 Å². The fourth-order valence-electron chi connectivity index (χ4n) is 5.24. The number of nitrogens with zero attached hydrogens (tertiary/aromatic N) is 2. The summed E-state index contributed by atoms with van der Waals surface area (Å²) in [5, 5.41) is 10.1. The van der Waals surface area contributed by atoms with Gasteiger partial charge in [0.2, 0.25) is 11.0 Å². The summed E-state index contributed by atoms with van der Waals surface area (Å²) >= 11 is 0. The van der Waals surface area contributed by atoms with Gasteiger partial charge in [-0.1, -0.05) is 37.1 Å². The summed E-state index contributed by atoms with van der Waals surface area (Å²) in [6, 6.07) is 22.2. The van der Waals surface area contributed by atoms with Gasteiger partial charge in [0, 0.05) is 50.2 Å². The third-order valence-corrected chi connectivity index (χ3v) is 7.13. The molecule has 2 aromatic carbocycles. The molecule has 0 radical (unpaired) electrons. The number of para-hydroxylation sites is 2. The third-order valence-electron chi connectivity index (χ3n) is 7.13. The Morgan fingerprint density at radius 1 is 0.472 bits per heavy atom. The van der Waals surface area contributed by atoms with Gasteiger partial charge in [0.25, 0.3) is 0 Å².